The van der Waals surface area contributed by atoms with E-state index in [9.17, 15) is 22.8 Å². The van der Waals surface area contributed by atoms with Crippen LogP contribution in [-0.2, 0) is 24.4 Å². The average molecular weight is 711 g/mol. The van der Waals surface area contributed by atoms with Crippen LogP contribution in [0.2, 0.25) is 0 Å². The van der Waals surface area contributed by atoms with E-state index in [4.69, 9.17) is 20.2 Å². The van der Waals surface area contributed by atoms with Crippen molar-refractivity contribution in [2.24, 2.45) is 23.5 Å². The maximum atomic E-state index is 14.3. The zero-order valence-corrected chi connectivity index (χ0v) is 30.6. The SMILES string of the molecule is COc1ccc2c(O[C@@H]3C[C@H]4C(=O)NC5(C(=O)NS(=O)(=O)C6(C)CC6)CC5/C=C\CCC(C)C[C@@H](C)[C@H](N)C(=O)N4C3)nc(N(C)C)cc2c1. The van der Waals surface area contributed by atoms with Gasteiger partial charge in [0.15, 0.2) is 0 Å². The minimum atomic E-state index is -3.95. The number of carbonyl (C=O) groups is 3. The third-order valence-electron chi connectivity index (χ3n) is 11.0. The van der Waals surface area contributed by atoms with Crippen molar-refractivity contribution in [1.29, 1.82) is 0 Å². The standard InChI is InChI=1S/C36H50N6O7S/c1-21-9-7-8-10-24-19-36(24,34(45)40-50(46,47)35(3)13-14-35)39-31(43)28-18-26(20-42(28)33(44)30(37)22(2)15-21)49-32-27-12-11-25(48-6)16-23(27)17-29(38-32)41(4)5/h8,10-12,16-17,21-22,24,26,28,30H,7,9,13-15,18-20,37H2,1-6H3,(H,39,43)(H,40,45)/b10-8-/t21?,22-,24?,26-,28+,30+,36?/m1/s1. The second kappa shape index (κ2) is 13.3. The number of nitrogens with zero attached hydrogens (tertiary/aromatic N) is 3. The molecule has 0 bridgehead atoms. The average Bonchev–Trinajstić information content (AvgIpc) is 3.95. The summed E-state index contributed by atoms with van der Waals surface area (Å²) in [4.78, 5) is 50.3. The maximum absolute atomic E-state index is 14.3. The zero-order valence-electron chi connectivity index (χ0n) is 29.8. The van der Waals surface area contributed by atoms with Gasteiger partial charge in [-0.05, 0) is 86.9 Å². The molecule has 3 fully saturated rings. The molecule has 13 nitrogen and oxygen atoms in total. The van der Waals surface area contributed by atoms with Gasteiger partial charge in [-0.3, -0.25) is 19.1 Å². The molecule has 0 spiro atoms. The van der Waals surface area contributed by atoms with Crippen molar-refractivity contribution in [3.63, 3.8) is 0 Å². The van der Waals surface area contributed by atoms with E-state index >= 15 is 0 Å². The van der Waals surface area contributed by atoms with Gasteiger partial charge in [-0.1, -0.05) is 26.0 Å². The third-order valence-corrected chi connectivity index (χ3v) is 13.2. The number of ether oxygens (including phenoxy) is 2. The Morgan fingerprint density at radius 2 is 1.90 bits per heavy atom. The molecule has 3 heterocycles. The second-order valence-corrected chi connectivity index (χ2v) is 17.5. The molecule has 7 atom stereocenters. The molecule has 1 saturated heterocycles. The van der Waals surface area contributed by atoms with Gasteiger partial charge < -0.3 is 30.3 Å². The first-order chi connectivity index (χ1) is 23.6. The molecule has 3 amide bonds. The largest absolute Gasteiger partial charge is 0.497 e. The van der Waals surface area contributed by atoms with Crippen molar-refractivity contribution < 1.29 is 32.3 Å². The molecule has 4 aliphatic rings. The lowest BCUT2D eigenvalue weighted by molar-refractivity contribution is -0.141. The molecule has 2 saturated carbocycles. The molecule has 3 unspecified atom stereocenters. The molecule has 2 aliphatic carbocycles. The third kappa shape index (κ3) is 6.88. The molecule has 1 aromatic carbocycles. The van der Waals surface area contributed by atoms with Crippen molar-refractivity contribution in [1.82, 2.24) is 19.9 Å². The van der Waals surface area contributed by atoms with Crippen LogP contribution in [0, 0.1) is 17.8 Å². The van der Waals surface area contributed by atoms with Crippen LogP contribution in [0.5, 0.6) is 11.6 Å². The Morgan fingerprint density at radius 1 is 1.16 bits per heavy atom. The van der Waals surface area contributed by atoms with E-state index in [-0.39, 0.29) is 37.1 Å². The Balaban J connectivity index is 1.32. The number of allylic oxidation sites excluding steroid dienone is 1. The zero-order chi connectivity index (χ0) is 36.2. The van der Waals surface area contributed by atoms with Crippen LogP contribution in [-0.4, -0.2) is 92.2 Å². The first-order valence-electron chi connectivity index (χ1n) is 17.5. The van der Waals surface area contributed by atoms with Crippen molar-refractivity contribution in [3.05, 3.63) is 36.4 Å². The number of hydrogen-bond donors (Lipinski definition) is 3. The van der Waals surface area contributed by atoms with Crippen molar-refractivity contribution in [2.75, 3.05) is 32.6 Å². The monoisotopic (exact) mass is 710 g/mol. The fourth-order valence-corrected chi connectivity index (χ4v) is 8.52. The summed E-state index contributed by atoms with van der Waals surface area (Å²) < 4.78 is 39.4. The molecule has 50 heavy (non-hydrogen) atoms. The first-order valence-corrected chi connectivity index (χ1v) is 19.0. The molecule has 6 rings (SSSR count). The van der Waals surface area contributed by atoms with Crippen molar-refractivity contribution in [2.45, 2.75) is 94.2 Å². The van der Waals surface area contributed by atoms with E-state index in [2.05, 4.69) is 17.0 Å². The number of amides is 3. The summed E-state index contributed by atoms with van der Waals surface area (Å²) in [6.07, 6.45) is 6.90. The predicted molar refractivity (Wildman–Crippen MR) is 190 cm³/mol. The van der Waals surface area contributed by atoms with Gasteiger partial charge in [-0.15, -0.1) is 0 Å². The van der Waals surface area contributed by atoms with Crippen LogP contribution in [0.25, 0.3) is 10.8 Å². The van der Waals surface area contributed by atoms with Gasteiger partial charge in [-0.25, -0.2) is 8.42 Å². The highest BCUT2D eigenvalue weighted by Crippen LogP contribution is 2.47. The molecule has 272 valence electrons. The summed E-state index contributed by atoms with van der Waals surface area (Å²) >= 11 is 0. The van der Waals surface area contributed by atoms with E-state index in [0.717, 1.165) is 30.0 Å². The number of aromatic nitrogens is 1. The molecular formula is C36H50N6O7S. The van der Waals surface area contributed by atoms with E-state index in [1.807, 2.05) is 62.3 Å². The minimum absolute atomic E-state index is 0.0771. The number of methoxy groups -OCH3 is 1. The summed E-state index contributed by atoms with van der Waals surface area (Å²) in [6.45, 7) is 5.77. The Morgan fingerprint density at radius 3 is 2.58 bits per heavy atom. The summed E-state index contributed by atoms with van der Waals surface area (Å²) in [6, 6.07) is 5.63. The fraction of sp³-hybridized carbons (Fsp3) is 0.611. The van der Waals surface area contributed by atoms with Crippen molar-refractivity contribution in [3.8, 4) is 11.6 Å². The number of rotatable bonds is 7. The molecule has 2 aliphatic heterocycles. The Bertz CT molecular complexity index is 1810. The minimum Gasteiger partial charge on any atom is -0.497 e. The van der Waals surface area contributed by atoms with E-state index in [1.165, 1.54) is 4.90 Å². The van der Waals surface area contributed by atoms with Gasteiger partial charge in [-0.2, -0.15) is 4.98 Å². The smallest absolute Gasteiger partial charge is 0.259 e. The summed E-state index contributed by atoms with van der Waals surface area (Å²) in [5, 5.41) is 4.50. The molecular weight excluding hydrogens is 660 g/mol. The Labute approximate surface area is 294 Å². The number of carbonyl (C=O) groups excluding carboxylic acids is 3. The summed E-state index contributed by atoms with van der Waals surface area (Å²) in [5.74, 6) is -0.264. The van der Waals surface area contributed by atoms with Crippen LogP contribution in [0.1, 0.15) is 65.7 Å². The number of hydrogen-bond acceptors (Lipinski definition) is 10. The van der Waals surface area contributed by atoms with Gasteiger partial charge in [0.05, 0.1) is 24.4 Å². The first kappa shape index (κ1) is 35.9. The van der Waals surface area contributed by atoms with Crippen LogP contribution in [0.3, 0.4) is 0 Å². The van der Waals surface area contributed by atoms with Gasteiger partial charge in [0, 0.05) is 31.8 Å². The number of pyridine rings is 1. The molecule has 0 radical (unpaired) electrons. The highest BCUT2D eigenvalue weighted by atomic mass is 32.2. The van der Waals surface area contributed by atoms with Crippen molar-refractivity contribution >= 4 is 44.3 Å². The van der Waals surface area contributed by atoms with Gasteiger partial charge >= 0.3 is 0 Å². The summed E-state index contributed by atoms with van der Waals surface area (Å²) in [7, 11) is 1.40. The van der Waals surface area contributed by atoms with Crippen LogP contribution < -0.4 is 30.1 Å². The van der Waals surface area contributed by atoms with Crippen LogP contribution >= 0.6 is 0 Å². The molecule has 14 heteroatoms. The van der Waals surface area contributed by atoms with Gasteiger partial charge in [0.2, 0.25) is 27.7 Å². The Hall–Kier alpha value is -3.91. The number of fused-ring (bicyclic) bond motifs is 3. The molecule has 1 aromatic heterocycles. The lowest BCUT2D eigenvalue weighted by Crippen LogP contribution is -2.58. The molecule has 2 aromatic rings. The van der Waals surface area contributed by atoms with E-state index in [1.54, 1.807) is 14.0 Å². The van der Waals surface area contributed by atoms with E-state index in [0.29, 0.717) is 30.3 Å². The molecule has 4 N–H and O–H groups in total. The number of benzene rings is 1. The van der Waals surface area contributed by atoms with E-state index < -0.39 is 56.2 Å². The topological polar surface area (TPSA) is 173 Å². The summed E-state index contributed by atoms with van der Waals surface area (Å²) in [5.41, 5.74) is 5.15. The fourth-order valence-electron chi connectivity index (χ4n) is 7.21. The van der Waals surface area contributed by atoms with Crippen LogP contribution in [0.4, 0.5) is 5.82 Å². The normalized spacial score (nSPS) is 31.7. The highest BCUT2D eigenvalue weighted by molar-refractivity contribution is 7.91. The number of nitrogens with one attached hydrogen (secondary N) is 2. The highest BCUT2D eigenvalue weighted by Gasteiger charge is 2.63. The second-order valence-electron chi connectivity index (χ2n) is 15.3. The quantitative estimate of drug-likeness (QED) is 0.363. The number of anilines is 1. The van der Waals surface area contributed by atoms with Gasteiger partial charge in [0.25, 0.3) is 5.91 Å². The number of nitrogens with two attached hydrogens (primary N) is 1. The number of sulfonamides is 1. The van der Waals surface area contributed by atoms with Crippen LogP contribution in [0.15, 0.2) is 36.4 Å². The Kier molecular flexibility index (Phi) is 9.57. The lowest BCUT2D eigenvalue weighted by Gasteiger charge is -2.30. The van der Waals surface area contributed by atoms with Gasteiger partial charge in [0.1, 0.15) is 29.3 Å². The lowest BCUT2D eigenvalue weighted by atomic mass is 9.88. The predicted octanol–water partition coefficient (Wildman–Crippen LogP) is 2.87. The maximum Gasteiger partial charge on any atom is 0.259 e.